The minimum atomic E-state index is -0.458. The lowest BCUT2D eigenvalue weighted by atomic mass is 10.4. The largest absolute Gasteiger partial charge is 0.464 e. The molecule has 78 valence electrons. The van der Waals surface area contributed by atoms with Crippen molar-refractivity contribution in [3.05, 3.63) is 0 Å². The number of ether oxygens (including phenoxy) is 2. The Morgan fingerprint density at radius 3 is 2.54 bits per heavy atom. The number of carbonyl (C=O) groups excluding carboxylic acids is 1. The Balaban J connectivity index is 3.49. The van der Waals surface area contributed by atoms with Gasteiger partial charge < -0.3 is 14.4 Å². The van der Waals surface area contributed by atoms with E-state index in [1.165, 1.54) is 0 Å². The first-order chi connectivity index (χ1) is 6.07. The second-order valence-corrected chi connectivity index (χ2v) is 3.07. The molecule has 0 aliphatic carbocycles. The molecule has 4 heteroatoms. The Kier molecular flexibility index (Phi) is 6.54. The van der Waals surface area contributed by atoms with Gasteiger partial charge in [0.25, 0.3) is 0 Å². The summed E-state index contributed by atoms with van der Waals surface area (Å²) in [5.74, 6) is -0.291. The minimum absolute atomic E-state index is 0.291. The molecule has 0 rings (SSSR count). The van der Waals surface area contributed by atoms with Gasteiger partial charge in [0, 0.05) is 6.54 Å². The number of hydrogen-bond donors (Lipinski definition) is 0. The molecule has 0 aromatic heterocycles. The van der Waals surface area contributed by atoms with Gasteiger partial charge in [0.05, 0.1) is 13.2 Å². The lowest BCUT2D eigenvalue weighted by Gasteiger charge is -2.14. The van der Waals surface area contributed by atoms with E-state index in [9.17, 15) is 4.79 Å². The normalized spacial score (nSPS) is 13.0. The molecule has 0 amide bonds. The van der Waals surface area contributed by atoms with Gasteiger partial charge in [0.15, 0.2) is 6.10 Å². The van der Waals surface area contributed by atoms with Gasteiger partial charge in [0.1, 0.15) is 0 Å². The summed E-state index contributed by atoms with van der Waals surface area (Å²) < 4.78 is 10.0. The molecular formula is C9H19NO3. The monoisotopic (exact) mass is 189 g/mol. The summed E-state index contributed by atoms with van der Waals surface area (Å²) in [6, 6.07) is 0. The maximum atomic E-state index is 11.1. The average molecular weight is 189 g/mol. The molecule has 0 bridgehead atoms. The molecular weight excluding hydrogens is 170 g/mol. The minimum Gasteiger partial charge on any atom is -0.464 e. The SMILES string of the molecule is CCOC(=O)C(C)OCCN(C)C. The molecule has 1 atom stereocenters. The zero-order valence-electron chi connectivity index (χ0n) is 8.87. The van der Waals surface area contributed by atoms with E-state index in [0.717, 1.165) is 6.54 Å². The fourth-order valence-electron chi connectivity index (χ4n) is 0.740. The van der Waals surface area contributed by atoms with Gasteiger partial charge in [-0.05, 0) is 27.9 Å². The highest BCUT2D eigenvalue weighted by Gasteiger charge is 2.13. The molecule has 0 fully saturated rings. The summed E-state index contributed by atoms with van der Waals surface area (Å²) in [6.07, 6.45) is -0.458. The van der Waals surface area contributed by atoms with Crippen LogP contribution in [0.1, 0.15) is 13.8 Å². The van der Waals surface area contributed by atoms with Crippen molar-refractivity contribution < 1.29 is 14.3 Å². The molecule has 0 aliphatic rings. The highest BCUT2D eigenvalue weighted by Crippen LogP contribution is 1.94. The molecule has 0 aromatic rings. The van der Waals surface area contributed by atoms with E-state index < -0.39 is 6.10 Å². The van der Waals surface area contributed by atoms with Gasteiger partial charge in [0.2, 0.25) is 0 Å². The number of esters is 1. The summed E-state index contributed by atoms with van der Waals surface area (Å²) >= 11 is 0. The van der Waals surface area contributed by atoms with Gasteiger partial charge in [-0.25, -0.2) is 4.79 Å². The molecule has 13 heavy (non-hydrogen) atoms. The van der Waals surface area contributed by atoms with Gasteiger partial charge in [-0.2, -0.15) is 0 Å². The van der Waals surface area contributed by atoms with Crippen LogP contribution in [0, 0.1) is 0 Å². The van der Waals surface area contributed by atoms with Crippen molar-refractivity contribution in [1.29, 1.82) is 0 Å². The van der Waals surface area contributed by atoms with Crippen LogP contribution in [-0.2, 0) is 14.3 Å². The number of rotatable bonds is 6. The smallest absolute Gasteiger partial charge is 0.334 e. The molecule has 0 aliphatic heterocycles. The number of hydrogen-bond acceptors (Lipinski definition) is 4. The predicted molar refractivity (Wildman–Crippen MR) is 50.6 cm³/mol. The van der Waals surface area contributed by atoms with Crippen molar-refractivity contribution in [1.82, 2.24) is 4.90 Å². The van der Waals surface area contributed by atoms with Crippen LogP contribution >= 0.6 is 0 Å². The lowest BCUT2D eigenvalue weighted by Crippen LogP contribution is -2.27. The molecule has 0 heterocycles. The van der Waals surface area contributed by atoms with Crippen LogP contribution in [0.2, 0.25) is 0 Å². The molecule has 0 radical (unpaired) electrons. The van der Waals surface area contributed by atoms with Crippen molar-refractivity contribution in [2.45, 2.75) is 20.0 Å². The van der Waals surface area contributed by atoms with E-state index in [1.807, 2.05) is 19.0 Å². The van der Waals surface area contributed by atoms with Crippen LogP contribution in [0.3, 0.4) is 0 Å². The summed E-state index contributed by atoms with van der Waals surface area (Å²) in [4.78, 5) is 13.1. The van der Waals surface area contributed by atoms with Crippen molar-refractivity contribution in [3.8, 4) is 0 Å². The Hall–Kier alpha value is -0.610. The third kappa shape index (κ3) is 6.54. The van der Waals surface area contributed by atoms with Crippen molar-refractivity contribution >= 4 is 5.97 Å². The number of carbonyl (C=O) groups is 1. The Morgan fingerprint density at radius 1 is 1.46 bits per heavy atom. The second-order valence-electron chi connectivity index (χ2n) is 3.07. The second kappa shape index (κ2) is 6.86. The van der Waals surface area contributed by atoms with E-state index in [0.29, 0.717) is 13.2 Å². The third-order valence-corrected chi connectivity index (χ3v) is 1.52. The van der Waals surface area contributed by atoms with Crippen LogP contribution in [0.15, 0.2) is 0 Å². The van der Waals surface area contributed by atoms with Crippen molar-refractivity contribution in [2.24, 2.45) is 0 Å². The third-order valence-electron chi connectivity index (χ3n) is 1.52. The number of nitrogens with zero attached hydrogens (tertiary/aromatic N) is 1. The first kappa shape index (κ1) is 12.4. The standard InChI is InChI=1S/C9H19NO3/c1-5-12-9(11)8(2)13-7-6-10(3)4/h8H,5-7H2,1-4H3. The van der Waals surface area contributed by atoms with Crippen LogP contribution in [0.5, 0.6) is 0 Å². The predicted octanol–water partition coefficient (Wildman–Crippen LogP) is 0.516. The molecule has 0 aromatic carbocycles. The van der Waals surface area contributed by atoms with E-state index in [4.69, 9.17) is 9.47 Å². The van der Waals surface area contributed by atoms with Crippen LogP contribution in [0.25, 0.3) is 0 Å². The maximum absolute atomic E-state index is 11.1. The summed E-state index contributed by atoms with van der Waals surface area (Å²) in [5.41, 5.74) is 0. The zero-order valence-corrected chi connectivity index (χ0v) is 8.87. The van der Waals surface area contributed by atoms with Crippen molar-refractivity contribution in [2.75, 3.05) is 33.9 Å². The fourth-order valence-corrected chi connectivity index (χ4v) is 0.740. The highest BCUT2D eigenvalue weighted by atomic mass is 16.6. The first-order valence-electron chi connectivity index (χ1n) is 4.51. The van der Waals surface area contributed by atoms with Crippen LogP contribution in [-0.4, -0.2) is 50.8 Å². The highest BCUT2D eigenvalue weighted by molar-refractivity contribution is 5.74. The molecule has 0 N–H and O–H groups in total. The van der Waals surface area contributed by atoms with E-state index in [2.05, 4.69) is 0 Å². The molecule has 4 nitrogen and oxygen atoms in total. The summed E-state index contributed by atoms with van der Waals surface area (Å²) in [6.45, 7) is 5.25. The van der Waals surface area contributed by atoms with Crippen LogP contribution in [0.4, 0.5) is 0 Å². The molecule has 1 unspecified atom stereocenters. The van der Waals surface area contributed by atoms with Gasteiger partial charge in [-0.3, -0.25) is 0 Å². The summed E-state index contributed by atoms with van der Waals surface area (Å²) in [7, 11) is 3.91. The van der Waals surface area contributed by atoms with Gasteiger partial charge in [-0.15, -0.1) is 0 Å². The van der Waals surface area contributed by atoms with Gasteiger partial charge >= 0.3 is 5.97 Å². The van der Waals surface area contributed by atoms with E-state index in [-0.39, 0.29) is 5.97 Å². The first-order valence-corrected chi connectivity index (χ1v) is 4.51. The lowest BCUT2D eigenvalue weighted by molar-refractivity contribution is -0.155. The Bertz CT molecular complexity index is 148. The Labute approximate surface area is 79.8 Å². The van der Waals surface area contributed by atoms with E-state index >= 15 is 0 Å². The number of likely N-dealkylation sites (N-methyl/N-ethyl adjacent to an activating group) is 1. The molecule has 0 saturated carbocycles. The van der Waals surface area contributed by atoms with E-state index in [1.54, 1.807) is 13.8 Å². The summed E-state index contributed by atoms with van der Waals surface area (Å²) in [5, 5.41) is 0. The van der Waals surface area contributed by atoms with Gasteiger partial charge in [-0.1, -0.05) is 0 Å². The molecule has 0 saturated heterocycles. The average Bonchev–Trinajstić information content (AvgIpc) is 2.04. The van der Waals surface area contributed by atoms with Crippen molar-refractivity contribution in [3.63, 3.8) is 0 Å². The Morgan fingerprint density at radius 2 is 2.08 bits per heavy atom. The van der Waals surface area contributed by atoms with Crippen LogP contribution < -0.4 is 0 Å². The fraction of sp³-hybridized carbons (Fsp3) is 0.889. The maximum Gasteiger partial charge on any atom is 0.334 e. The topological polar surface area (TPSA) is 38.8 Å². The quantitative estimate of drug-likeness (QED) is 0.571. The molecule has 0 spiro atoms. The zero-order chi connectivity index (χ0) is 10.3.